The lowest BCUT2D eigenvalue weighted by atomic mass is 10.3. The first kappa shape index (κ1) is 8.14. The molecule has 0 aliphatic heterocycles. The fourth-order valence-corrected chi connectivity index (χ4v) is 1.73. The zero-order valence-electron chi connectivity index (χ0n) is 5.40. The minimum atomic E-state index is 0.741. The Hall–Kier alpha value is 0.0400. The van der Waals surface area contributed by atoms with Crippen LogP contribution in [0.2, 0.25) is 5.02 Å². The van der Waals surface area contributed by atoms with Crippen molar-refractivity contribution >= 4 is 34.2 Å². The van der Waals surface area contributed by atoms with Crippen molar-refractivity contribution in [1.29, 1.82) is 0 Å². The highest BCUT2D eigenvalue weighted by molar-refractivity contribution is 14.1. The quantitative estimate of drug-likeness (QED) is 0.712. The highest BCUT2D eigenvalue weighted by Gasteiger charge is 1.97. The van der Waals surface area contributed by atoms with Crippen molar-refractivity contribution in [2.75, 3.05) is 7.11 Å². The second-order valence-electron chi connectivity index (χ2n) is 1.78. The molecule has 0 aromatic heterocycles. The number of methoxy groups -OCH3 is 1. The summed E-state index contributed by atoms with van der Waals surface area (Å²) in [7, 11) is 1.64. The average Bonchev–Trinajstić information content (AvgIpc) is 1.88. The maximum Gasteiger partial charge on any atom is 0.132 e. The minimum Gasteiger partial charge on any atom is -0.496 e. The summed E-state index contributed by atoms with van der Waals surface area (Å²) in [5.41, 5.74) is 0. The van der Waals surface area contributed by atoms with Crippen molar-refractivity contribution in [3.63, 3.8) is 0 Å². The lowest BCUT2D eigenvalue weighted by Crippen LogP contribution is -1.84. The molecule has 54 valence electrons. The van der Waals surface area contributed by atoms with Crippen LogP contribution in [-0.2, 0) is 0 Å². The normalized spacial score (nSPS) is 9.50. The Morgan fingerprint density at radius 1 is 1.50 bits per heavy atom. The predicted molar refractivity (Wildman–Crippen MR) is 50.7 cm³/mol. The van der Waals surface area contributed by atoms with Gasteiger partial charge in [0, 0.05) is 5.02 Å². The zero-order chi connectivity index (χ0) is 7.56. The SMILES string of the molecule is COc1ccc(Cl)cc1I. The zero-order valence-corrected chi connectivity index (χ0v) is 8.31. The van der Waals surface area contributed by atoms with Gasteiger partial charge in [0.25, 0.3) is 0 Å². The number of rotatable bonds is 1. The number of benzene rings is 1. The second kappa shape index (κ2) is 3.44. The average molecular weight is 268 g/mol. The Labute approximate surface area is 78.5 Å². The fraction of sp³-hybridized carbons (Fsp3) is 0.143. The molecule has 10 heavy (non-hydrogen) atoms. The molecule has 0 fully saturated rings. The van der Waals surface area contributed by atoms with Crippen LogP contribution in [0.1, 0.15) is 0 Å². The molecule has 0 radical (unpaired) electrons. The molecule has 0 heterocycles. The summed E-state index contributed by atoms with van der Waals surface area (Å²) in [6, 6.07) is 5.52. The Morgan fingerprint density at radius 3 is 2.70 bits per heavy atom. The summed E-state index contributed by atoms with van der Waals surface area (Å²) in [5.74, 6) is 0.866. The van der Waals surface area contributed by atoms with Crippen LogP contribution in [0.3, 0.4) is 0 Å². The summed E-state index contributed by atoms with van der Waals surface area (Å²) in [4.78, 5) is 0. The van der Waals surface area contributed by atoms with Gasteiger partial charge in [0.2, 0.25) is 0 Å². The molecule has 1 nitrogen and oxygen atoms in total. The van der Waals surface area contributed by atoms with Gasteiger partial charge in [-0.2, -0.15) is 0 Å². The van der Waals surface area contributed by atoms with Crippen LogP contribution in [0.15, 0.2) is 18.2 Å². The van der Waals surface area contributed by atoms with E-state index in [0.717, 1.165) is 14.3 Å². The van der Waals surface area contributed by atoms with Gasteiger partial charge in [0.1, 0.15) is 5.75 Å². The van der Waals surface area contributed by atoms with E-state index in [2.05, 4.69) is 22.6 Å². The van der Waals surface area contributed by atoms with Crippen molar-refractivity contribution in [3.05, 3.63) is 26.8 Å². The molecule has 1 aromatic rings. The molecule has 1 aromatic carbocycles. The first-order chi connectivity index (χ1) is 4.74. The van der Waals surface area contributed by atoms with Gasteiger partial charge < -0.3 is 4.74 Å². The first-order valence-corrected chi connectivity index (χ1v) is 4.19. The van der Waals surface area contributed by atoms with Gasteiger partial charge in [-0.1, -0.05) is 11.6 Å². The molecule has 0 bridgehead atoms. The molecule has 0 aliphatic carbocycles. The summed E-state index contributed by atoms with van der Waals surface area (Å²) >= 11 is 7.89. The fourth-order valence-electron chi connectivity index (χ4n) is 0.641. The molecule has 0 atom stereocenters. The molecule has 0 amide bonds. The van der Waals surface area contributed by atoms with Crippen LogP contribution >= 0.6 is 34.2 Å². The van der Waals surface area contributed by atoms with Crippen LogP contribution < -0.4 is 4.74 Å². The maximum atomic E-state index is 5.71. The van der Waals surface area contributed by atoms with Crippen LogP contribution in [0.5, 0.6) is 5.75 Å². The summed E-state index contributed by atoms with van der Waals surface area (Å²) in [5, 5.41) is 0.741. The highest BCUT2D eigenvalue weighted by atomic mass is 127. The van der Waals surface area contributed by atoms with Gasteiger partial charge in [-0.15, -0.1) is 0 Å². The molecule has 0 aliphatic rings. The minimum absolute atomic E-state index is 0.741. The van der Waals surface area contributed by atoms with E-state index in [-0.39, 0.29) is 0 Å². The Bertz CT molecular complexity index is 237. The summed E-state index contributed by atoms with van der Waals surface area (Å²) in [6.45, 7) is 0. The van der Waals surface area contributed by atoms with E-state index >= 15 is 0 Å². The third-order valence-corrected chi connectivity index (χ3v) is 2.19. The van der Waals surface area contributed by atoms with E-state index in [1.165, 1.54) is 0 Å². The van der Waals surface area contributed by atoms with Gasteiger partial charge >= 0.3 is 0 Å². The van der Waals surface area contributed by atoms with E-state index in [0.29, 0.717) is 0 Å². The third kappa shape index (κ3) is 1.76. The molecule has 1 rings (SSSR count). The smallest absolute Gasteiger partial charge is 0.132 e. The van der Waals surface area contributed by atoms with Gasteiger partial charge in [-0.25, -0.2) is 0 Å². The third-order valence-electron chi connectivity index (χ3n) is 1.11. The number of ether oxygens (including phenoxy) is 1. The maximum absolute atomic E-state index is 5.71. The largest absolute Gasteiger partial charge is 0.496 e. The standard InChI is InChI=1S/C7H6ClIO/c1-10-7-3-2-5(8)4-6(7)9/h2-4H,1H3. The number of halogens is 2. The van der Waals surface area contributed by atoms with Gasteiger partial charge in [-0.3, -0.25) is 0 Å². The number of hydrogen-bond donors (Lipinski definition) is 0. The molecule has 3 heteroatoms. The molecule has 0 saturated carbocycles. The van der Waals surface area contributed by atoms with Crippen molar-refractivity contribution in [2.24, 2.45) is 0 Å². The van der Waals surface area contributed by atoms with Crippen molar-refractivity contribution < 1.29 is 4.74 Å². The summed E-state index contributed by atoms with van der Waals surface area (Å²) < 4.78 is 6.07. The molecular formula is C7H6ClIO. The highest BCUT2D eigenvalue weighted by Crippen LogP contribution is 2.23. The van der Waals surface area contributed by atoms with Crippen LogP contribution in [0.25, 0.3) is 0 Å². The lowest BCUT2D eigenvalue weighted by Gasteiger charge is -2.01. The predicted octanol–water partition coefficient (Wildman–Crippen LogP) is 2.95. The van der Waals surface area contributed by atoms with E-state index < -0.39 is 0 Å². The van der Waals surface area contributed by atoms with Crippen LogP contribution in [0, 0.1) is 3.57 Å². The van der Waals surface area contributed by atoms with Crippen molar-refractivity contribution in [2.45, 2.75) is 0 Å². The molecule has 0 saturated heterocycles. The topological polar surface area (TPSA) is 9.23 Å². The monoisotopic (exact) mass is 268 g/mol. The van der Waals surface area contributed by atoms with Crippen LogP contribution in [0.4, 0.5) is 0 Å². The molecule has 0 N–H and O–H groups in total. The second-order valence-corrected chi connectivity index (χ2v) is 3.38. The number of hydrogen-bond acceptors (Lipinski definition) is 1. The summed E-state index contributed by atoms with van der Waals surface area (Å²) in [6.07, 6.45) is 0. The van der Waals surface area contributed by atoms with E-state index in [9.17, 15) is 0 Å². The van der Waals surface area contributed by atoms with Crippen molar-refractivity contribution in [1.82, 2.24) is 0 Å². The van der Waals surface area contributed by atoms with Crippen LogP contribution in [-0.4, -0.2) is 7.11 Å². The van der Waals surface area contributed by atoms with Gasteiger partial charge in [0.05, 0.1) is 10.7 Å². The molecular weight excluding hydrogens is 262 g/mol. The van der Waals surface area contributed by atoms with Gasteiger partial charge in [0.15, 0.2) is 0 Å². The van der Waals surface area contributed by atoms with E-state index in [1.54, 1.807) is 7.11 Å². The first-order valence-electron chi connectivity index (χ1n) is 2.73. The van der Waals surface area contributed by atoms with Gasteiger partial charge in [-0.05, 0) is 40.8 Å². The lowest BCUT2D eigenvalue weighted by molar-refractivity contribution is 0.412. The Balaban J connectivity index is 3.07. The Morgan fingerprint density at radius 2 is 2.20 bits per heavy atom. The Kier molecular flexibility index (Phi) is 2.80. The van der Waals surface area contributed by atoms with E-state index in [1.807, 2.05) is 18.2 Å². The van der Waals surface area contributed by atoms with E-state index in [4.69, 9.17) is 16.3 Å². The molecule has 0 unspecified atom stereocenters. The van der Waals surface area contributed by atoms with Crippen molar-refractivity contribution in [3.8, 4) is 5.75 Å². The molecule has 0 spiro atoms.